The maximum absolute atomic E-state index is 11.7. The molecule has 0 fully saturated rings. The van der Waals surface area contributed by atoms with Gasteiger partial charge in [-0.1, -0.05) is 63.1 Å². The number of hydrogen-bond donors (Lipinski definition) is 2. The van der Waals surface area contributed by atoms with Crippen molar-refractivity contribution in [2.24, 2.45) is 0 Å². The zero-order valence-corrected chi connectivity index (χ0v) is 13.9. The number of carbonyl (C=O) groups is 2. The molecule has 0 aliphatic heterocycles. The van der Waals surface area contributed by atoms with Crippen molar-refractivity contribution in [3.63, 3.8) is 0 Å². The monoisotopic (exact) mass is 319 g/mol. The molecule has 0 saturated heterocycles. The molecule has 1 amide bonds. The average Bonchev–Trinajstić information content (AvgIpc) is 2.53. The molecule has 0 saturated carbocycles. The summed E-state index contributed by atoms with van der Waals surface area (Å²) in [4.78, 5) is 22.1. The first-order valence-corrected chi connectivity index (χ1v) is 8.75. The van der Waals surface area contributed by atoms with Crippen molar-refractivity contribution >= 4 is 17.6 Å². The van der Waals surface area contributed by atoms with Crippen LogP contribution in [0.25, 0.3) is 0 Å². The van der Waals surface area contributed by atoms with Gasteiger partial charge in [0.15, 0.2) is 0 Å². The molecule has 0 aliphatic carbocycles. The van der Waals surface area contributed by atoms with E-state index in [9.17, 15) is 9.59 Å². The number of rotatable bonds is 13. The van der Waals surface area contributed by atoms with Crippen molar-refractivity contribution in [1.82, 2.24) is 0 Å². The van der Waals surface area contributed by atoms with Crippen LogP contribution in [0.1, 0.15) is 70.6 Å². The Balaban J connectivity index is 1.86. The van der Waals surface area contributed by atoms with Crippen molar-refractivity contribution in [2.75, 3.05) is 5.32 Å². The number of amides is 1. The number of anilines is 1. The normalized spacial score (nSPS) is 10.4. The number of para-hydroxylation sites is 1. The van der Waals surface area contributed by atoms with Crippen molar-refractivity contribution in [3.8, 4) is 0 Å². The van der Waals surface area contributed by atoms with Crippen LogP contribution in [-0.2, 0) is 9.59 Å². The molecule has 0 bridgehead atoms. The van der Waals surface area contributed by atoms with E-state index in [1.54, 1.807) is 0 Å². The SMILES string of the molecule is O=C(O)CCCCCCCCCCCC(=O)Nc1ccccc1. The lowest BCUT2D eigenvalue weighted by molar-refractivity contribution is -0.137. The van der Waals surface area contributed by atoms with E-state index < -0.39 is 5.97 Å². The van der Waals surface area contributed by atoms with E-state index in [4.69, 9.17) is 5.11 Å². The molecule has 0 aliphatic rings. The number of carboxylic acids is 1. The second kappa shape index (κ2) is 12.7. The summed E-state index contributed by atoms with van der Waals surface area (Å²) < 4.78 is 0. The Morgan fingerprint density at radius 2 is 1.22 bits per heavy atom. The molecule has 2 N–H and O–H groups in total. The molecule has 4 nitrogen and oxygen atoms in total. The number of unbranched alkanes of at least 4 members (excludes halogenated alkanes) is 8. The molecular weight excluding hydrogens is 290 g/mol. The maximum atomic E-state index is 11.7. The maximum Gasteiger partial charge on any atom is 0.303 e. The van der Waals surface area contributed by atoms with Gasteiger partial charge < -0.3 is 10.4 Å². The van der Waals surface area contributed by atoms with E-state index in [0.717, 1.165) is 37.8 Å². The Labute approximate surface area is 139 Å². The number of nitrogens with one attached hydrogen (secondary N) is 1. The van der Waals surface area contributed by atoms with Crippen LogP contribution >= 0.6 is 0 Å². The molecule has 23 heavy (non-hydrogen) atoms. The lowest BCUT2D eigenvalue weighted by Gasteiger charge is -2.05. The molecule has 1 aromatic carbocycles. The van der Waals surface area contributed by atoms with Gasteiger partial charge in [0.2, 0.25) is 5.91 Å². The van der Waals surface area contributed by atoms with Crippen molar-refractivity contribution in [3.05, 3.63) is 30.3 Å². The number of carboxylic acid groups (broad SMARTS) is 1. The van der Waals surface area contributed by atoms with Crippen LogP contribution in [0, 0.1) is 0 Å². The summed E-state index contributed by atoms with van der Waals surface area (Å²) in [5.41, 5.74) is 0.861. The summed E-state index contributed by atoms with van der Waals surface area (Å²) in [6.07, 6.45) is 10.7. The fraction of sp³-hybridized carbons (Fsp3) is 0.579. The highest BCUT2D eigenvalue weighted by molar-refractivity contribution is 5.90. The summed E-state index contributed by atoms with van der Waals surface area (Å²) in [7, 11) is 0. The molecule has 0 spiro atoms. The predicted molar refractivity (Wildman–Crippen MR) is 93.5 cm³/mol. The molecule has 128 valence electrons. The van der Waals surface area contributed by atoms with Gasteiger partial charge in [-0.15, -0.1) is 0 Å². The second-order valence-corrected chi connectivity index (χ2v) is 5.99. The molecular formula is C19H29NO3. The fourth-order valence-corrected chi connectivity index (χ4v) is 2.54. The third kappa shape index (κ3) is 11.4. The summed E-state index contributed by atoms with van der Waals surface area (Å²) in [6.45, 7) is 0. The number of benzene rings is 1. The number of carbonyl (C=O) groups excluding carboxylic acids is 1. The summed E-state index contributed by atoms with van der Waals surface area (Å²) in [6, 6.07) is 9.55. The van der Waals surface area contributed by atoms with Gasteiger partial charge in [-0.25, -0.2) is 0 Å². The van der Waals surface area contributed by atoms with Gasteiger partial charge in [-0.2, -0.15) is 0 Å². The van der Waals surface area contributed by atoms with E-state index in [1.165, 1.54) is 25.7 Å². The lowest BCUT2D eigenvalue weighted by Crippen LogP contribution is -2.10. The Morgan fingerprint density at radius 1 is 0.739 bits per heavy atom. The average molecular weight is 319 g/mol. The quantitative estimate of drug-likeness (QED) is 0.503. The molecule has 0 atom stereocenters. The fourth-order valence-electron chi connectivity index (χ4n) is 2.54. The second-order valence-electron chi connectivity index (χ2n) is 5.99. The Kier molecular flexibility index (Phi) is 10.6. The van der Waals surface area contributed by atoms with Crippen molar-refractivity contribution in [2.45, 2.75) is 70.6 Å². The van der Waals surface area contributed by atoms with E-state index in [-0.39, 0.29) is 5.91 Å². The first-order valence-electron chi connectivity index (χ1n) is 8.75. The van der Waals surface area contributed by atoms with Gasteiger partial charge in [0.1, 0.15) is 0 Å². The first kappa shape index (κ1) is 19.2. The molecule has 1 rings (SSSR count). The van der Waals surface area contributed by atoms with Gasteiger partial charge in [0.05, 0.1) is 0 Å². The standard InChI is InChI=1S/C19H29NO3/c21-18(20-17-13-9-8-10-14-17)15-11-6-4-2-1-3-5-7-12-16-19(22)23/h8-10,13-14H,1-7,11-12,15-16H2,(H,20,21)(H,22,23). The van der Waals surface area contributed by atoms with Crippen molar-refractivity contribution < 1.29 is 14.7 Å². The molecule has 0 unspecified atom stereocenters. The minimum absolute atomic E-state index is 0.0923. The minimum Gasteiger partial charge on any atom is -0.481 e. The van der Waals surface area contributed by atoms with Gasteiger partial charge in [-0.05, 0) is 25.0 Å². The molecule has 4 heteroatoms. The van der Waals surface area contributed by atoms with Crippen LogP contribution in [0.15, 0.2) is 30.3 Å². The number of hydrogen-bond acceptors (Lipinski definition) is 2. The zero-order chi connectivity index (χ0) is 16.8. The van der Waals surface area contributed by atoms with E-state index in [0.29, 0.717) is 12.8 Å². The lowest BCUT2D eigenvalue weighted by atomic mass is 10.1. The van der Waals surface area contributed by atoms with E-state index in [2.05, 4.69) is 5.32 Å². The van der Waals surface area contributed by atoms with Crippen molar-refractivity contribution in [1.29, 1.82) is 0 Å². The molecule has 0 heterocycles. The summed E-state index contributed by atoms with van der Waals surface area (Å²) in [5, 5.41) is 11.4. The Morgan fingerprint density at radius 3 is 1.74 bits per heavy atom. The molecule has 0 aromatic heterocycles. The highest BCUT2D eigenvalue weighted by Gasteiger charge is 2.01. The van der Waals surface area contributed by atoms with Crippen LogP contribution in [0.5, 0.6) is 0 Å². The summed E-state index contributed by atoms with van der Waals surface area (Å²) in [5.74, 6) is -0.601. The smallest absolute Gasteiger partial charge is 0.303 e. The van der Waals surface area contributed by atoms with Crippen LogP contribution in [0.3, 0.4) is 0 Å². The molecule has 0 radical (unpaired) electrons. The van der Waals surface area contributed by atoms with Crippen LogP contribution in [0.4, 0.5) is 5.69 Å². The van der Waals surface area contributed by atoms with Gasteiger partial charge in [-0.3, -0.25) is 9.59 Å². The highest BCUT2D eigenvalue weighted by atomic mass is 16.4. The Bertz CT molecular complexity index is 445. The molecule has 1 aromatic rings. The zero-order valence-electron chi connectivity index (χ0n) is 13.9. The largest absolute Gasteiger partial charge is 0.481 e. The van der Waals surface area contributed by atoms with Gasteiger partial charge >= 0.3 is 5.97 Å². The summed E-state index contributed by atoms with van der Waals surface area (Å²) >= 11 is 0. The van der Waals surface area contributed by atoms with E-state index in [1.807, 2.05) is 30.3 Å². The van der Waals surface area contributed by atoms with E-state index >= 15 is 0 Å². The van der Waals surface area contributed by atoms with Gasteiger partial charge in [0.25, 0.3) is 0 Å². The first-order chi connectivity index (χ1) is 11.2. The number of aliphatic carboxylic acids is 1. The van der Waals surface area contributed by atoms with Crippen LogP contribution in [-0.4, -0.2) is 17.0 Å². The topological polar surface area (TPSA) is 66.4 Å². The van der Waals surface area contributed by atoms with Crippen LogP contribution < -0.4 is 5.32 Å². The third-order valence-corrected chi connectivity index (χ3v) is 3.85. The van der Waals surface area contributed by atoms with Gasteiger partial charge in [0, 0.05) is 18.5 Å². The Hall–Kier alpha value is -1.84. The predicted octanol–water partition coefficient (Wildman–Crippen LogP) is 5.00. The third-order valence-electron chi connectivity index (χ3n) is 3.85. The van der Waals surface area contributed by atoms with Crippen LogP contribution in [0.2, 0.25) is 0 Å². The minimum atomic E-state index is -0.693. The highest BCUT2D eigenvalue weighted by Crippen LogP contribution is 2.12.